The average molecular weight is 502 g/mol. The van der Waals surface area contributed by atoms with E-state index in [0.717, 1.165) is 17.8 Å². The zero-order valence-corrected chi connectivity index (χ0v) is 19.1. The van der Waals surface area contributed by atoms with Gasteiger partial charge in [0.05, 0.1) is 23.8 Å². The molecule has 188 valence electrons. The number of piperidine rings is 1. The molecule has 1 saturated heterocycles. The van der Waals surface area contributed by atoms with Gasteiger partial charge < -0.3 is 24.9 Å². The molecular formula is C24H22F4N6O2. The third-order valence-electron chi connectivity index (χ3n) is 6.31. The van der Waals surface area contributed by atoms with Gasteiger partial charge in [0.15, 0.2) is 0 Å². The molecule has 1 fully saturated rings. The molecule has 4 heterocycles. The maximum absolute atomic E-state index is 15.0. The van der Waals surface area contributed by atoms with Crippen molar-refractivity contribution in [2.24, 2.45) is 7.05 Å². The Morgan fingerprint density at radius 1 is 1.19 bits per heavy atom. The second-order valence-corrected chi connectivity index (χ2v) is 8.75. The van der Waals surface area contributed by atoms with Crippen molar-refractivity contribution >= 4 is 22.6 Å². The Labute approximate surface area is 202 Å². The number of nitrogens with zero attached hydrogens (tertiary/aromatic N) is 4. The molecule has 0 spiro atoms. The third kappa shape index (κ3) is 4.58. The van der Waals surface area contributed by atoms with Gasteiger partial charge in [-0.05, 0) is 37.0 Å². The average Bonchev–Trinajstić information content (AvgIpc) is 3.44. The maximum Gasteiger partial charge on any atom is 0.573 e. The van der Waals surface area contributed by atoms with Crippen LogP contribution in [-0.4, -0.2) is 49.8 Å². The zero-order valence-electron chi connectivity index (χ0n) is 19.1. The molecule has 1 aliphatic heterocycles. The molecule has 0 unspecified atom stereocenters. The van der Waals surface area contributed by atoms with E-state index in [1.807, 2.05) is 23.9 Å². The number of likely N-dealkylation sites (tertiary alicyclic amines) is 1. The highest BCUT2D eigenvalue weighted by Crippen LogP contribution is 2.36. The van der Waals surface area contributed by atoms with Gasteiger partial charge in [0.2, 0.25) is 0 Å². The number of aromatic amines is 1. The van der Waals surface area contributed by atoms with Crippen molar-refractivity contribution in [2.45, 2.75) is 25.1 Å². The second kappa shape index (κ2) is 8.85. The summed E-state index contributed by atoms with van der Waals surface area (Å²) in [6.07, 6.45) is 0.858. The number of carbonyl (C=O) groups excluding carboxylic acids is 1. The number of anilines is 1. The van der Waals surface area contributed by atoms with Gasteiger partial charge in [-0.3, -0.25) is 4.79 Å². The Morgan fingerprint density at radius 3 is 2.58 bits per heavy atom. The van der Waals surface area contributed by atoms with Crippen molar-refractivity contribution in [3.8, 4) is 17.1 Å². The molecule has 8 nitrogen and oxygen atoms in total. The number of nitrogen functional groups attached to an aromatic ring is 1. The van der Waals surface area contributed by atoms with Crippen LogP contribution in [-0.2, 0) is 7.05 Å². The number of benzene rings is 1. The number of imidazole rings is 1. The minimum atomic E-state index is -4.86. The molecule has 1 amide bonds. The number of alkyl halides is 3. The number of nitrogens with one attached hydrogen (secondary N) is 1. The van der Waals surface area contributed by atoms with Gasteiger partial charge in [0, 0.05) is 49.0 Å². The van der Waals surface area contributed by atoms with Gasteiger partial charge in [-0.1, -0.05) is 0 Å². The minimum Gasteiger partial charge on any atom is -0.406 e. The number of aromatic nitrogens is 4. The number of carbonyl (C=O) groups is 1. The molecular weight excluding hydrogens is 480 g/mol. The van der Waals surface area contributed by atoms with E-state index < -0.39 is 23.8 Å². The molecule has 0 radical (unpaired) electrons. The highest BCUT2D eigenvalue weighted by atomic mass is 19.4. The SMILES string of the molecule is Cn1cnc(-c2cc3c(C4CCN(C(=O)c5ccc(OC(F)(F)F)cc5N)CC4)c(F)cnc3[nH]2)c1. The van der Waals surface area contributed by atoms with E-state index in [1.165, 1.54) is 12.3 Å². The molecule has 3 N–H and O–H groups in total. The molecule has 4 aromatic rings. The summed E-state index contributed by atoms with van der Waals surface area (Å²) < 4.78 is 57.9. The van der Waals surface area contributed by atoms with Crippen LogP contribution in [0.25, 0.3) is 22.4 Å². The summed E-state index contributed by atoms with van der Waals surface area (Å²) in [4.78, 5) is 26.3. The largest absolute Gasteiger partial charge is 0.573 e. The molecule has 36 heavy (non-hydrogen) atoms. The summed E-state index contributed by atoms with van der Waals surface area (Å²) in [5.74, 6) is -1.46. The first-order valence-corrected chi connectivity index (χ1v) is 11.2. The fourth-order valence-corrected chi connectivity index (χ4v) is 4.65. The Balaban J connectivity index is 1.33. The molecule has 0 aliphatic carbocycles. The van der Waals surface area contributed by atoms with Crippen molar-refractivity contribution in [1.82, 2.24) is 24.4 Å². The van der Waals surface area contributed by atoms with Gasteiger partial charge in [0.1, 0.15) is 22.9 Å². The number of ether oxygens (including phenoxy) is 1. The minimum absolute atomic E-state index is 0.0890. The molecule has 1 aliphatic rings. The van der Waals surface area contributed by atoms with Crippen molar-refractivity contribution in [2.75, 3.05) is 18.8 Å². The fourth-order valence-electron chi connectivity index (χ4n) is 4.65. The second-order valence-electron chi connectivity index (χ2n) is 8.75. The Kier molecular flexibility index (Phi) is 5.81. The van der Waals surface area contributed by atoms with Crippen LogP contribution in [0.4, 0.5) is 23.2 Å². The standard InChI is InChI=1S/C24H22F4N6O2/c1-33-11-20(31-12-33)19-9-16-21(17(25)10-30-22(16)32-19)13-4-6-34(7-5-13)23(35)15-3-2-14(8-18(15)29)36-24(26,27)28/h2-3,8-13H,4-7,29H2,1H3,(H,30,32). The number of hydrogen-bond acceptors (Lipinski definition) is 5. The molecule has 5 rings (SSSR count). The van der Waals surface area contributed by atoms with E-state index in [-0.39, 0.29) is 17.2 Å². The molecule has 0 saturated carbocycles. The van der Waals surface area contributed by atoms with Crippen LogP contribution in [0.5, 0.6) is 5.75 Å². The summed E-state index contributed by atoms with van der Waals surface area (Å²) in [5, 5.41) is 0.671. The predicted octanol–water partition coefficient (Wildman–Crippen LogP) is 4.60. The number of halogens is 4. The number of fused-ring (bicyclic) bond motifs is 1. The Morgan fingerprint density at radius 2 is 1.94 bits per heavy atom. The van der Waals surface area contributed by atoms with Crippen LogP contribution in [0, 0.1) is 5.82 Å². The van der Waals surface area contributed by atoms with Crippen molar-refractivity contribution in [3.05, 3.63) is 59.9 Å². The maximum atomic E-state index is 15.0. The van der Waals surface area contributed by atoms with E-state index in [0.29, 0.717) is 48.2 Å². The predicted molar refractivity (Wildman–Crippen MR) is 124 cm³/mol. The quantitative estimate of drug-likeness (QED) is 0.314. The lowest BCUT2D eigenvalue weighted by Crippen LogP contribution is -2.38. The number of aryl methyl sites for hydroxylation is 1. The number of amides is 1. The number of H-pyrrole nitrogens is 1. The number of hydrogen-bond donors (Lipinski definition) is 2. The first-order valence-electron chi connectivity index (χ1n) is 11.2. The van der Waals surface area contributed by atoms with E-state index in [4.69, 9.17) is 5.73 Å². The molecule has 12 heteroatoms. The number of nitrogens with two attached hydrogens (primary N) is 1. The number of pyridine rings is 1. The van der Waals surface area contributed by atoms with Crippen LogP contribution < -0.4 is 10.5 Å². The summed E-state index contributed by atoms with van der Waals surface area (Å²) >= 11 is 0. The van der Waals surface area contributed by atoms with Crippen molar-refractivity contribution < 1.29 is 27.1 Å². The van der Waals surface area contributed by atoms with Gasteiger partial charge in [-0.15, -0.1) is 13.2 Å². The van der Waals surface area contributed by atoms with Gasteiger partial charge >= 0.3 is 6.36 Å². The first-order chi connectivity index (χ1) is 17.1. The lowest BCUT2D eigenvalue weighted by molar-refractivity contribution is -0.274. The third-order valence-corrected chi connectivity index (χ3v) is 6.31. The summed E-state index contributed by atoms with van der Waals surface area (Å²) in [5.41, 5.74) is 8.35. The summed E-state index contributed by atoms with van der Waals surface area (Å²) in [6, 6.07) is 5.08. The highest BCUT2D eigenvalue weighted by molar-refractivity contribution is 5.99. The van der Waals surface area contributed by atoms with Crippen LogP contribution in [0.2, 0.25) is 0 Å². The Bertz CT molecular complexity index is 1440. The van der Waals surface area contributed by atoms with Crippen LogP contribution in [0.1, 0.15) is 34.7 Å². The summed E-state index contributed by atoms with van der Waals surface area (Å²) in [7, 11) is 1.86. The van der Waals surface area contributed by atoms with Crippen LogP contribution >= 0.6 is 0 Å². The van der Waals surface area contributed by atoms with E-state index >= 15 is 0 Å². The normalized spacial score (nSPS) is 15.0. The first kappa shape index (κ1) is 23.6. The fraction of sp³-hybridized carbons (Fsp3) is 0.292. The highest BCUT2D eigenvalue weighted by Gasteiger charge is 2.32. The van der Waals surface area contributed by atoms with Gasteiger partial charge in [0.25, 0.3) is 5.91 Å². The van der Waals surface area contributed by atoms with Gasteiger partial charge in [-0.25, -0.2) is 14.4 Å². The van der Waals surface area contributed by atoms with E-state index in [2.05, 4.69) is 19.7 Å². The van der Waals surface area contributed by atoms with Gasteiger partial charge in [-0.2, -0.15) is 0 Å². The van der Waals surface area contributed by atoms with E-state index in [1.54, 1.807) is 11.2 Å². The lowest BCUT2D eigenvalue weighted by Gasteiger charge is -2.33. The van der Waals surface area contributed by atoms with Crippen molar-refractivity contribution in [3.63, 3.8) is 0 Å². The Hall–Kier alpha value is -4.09. The number of rotatable bonds is 4. The smallest absolute Gasteiger partial charge is 0.406 e. The molecule has 0 bridgehead atoms. The lowest BCUT2D eigenvalue weighted by atomic mass is 9.87. The van der Waals surface area contributed by atoms with Crippen LogP contribution in [0.3, 0.4) is 0 Å². The monoisotopic (exact) mass is 502 g/mol. The molecule has 3 aromatic heterocycles. The van der Waals surface area contributed by atoms with Crippen molar-refractivity contribution in [1.29, 1.82) is 0 Å². The zero-order chi connectivity index (χ0) is 25.6. The molecule has 0 atom stereocenters. The van der Waals surface area contributed by atoms with E-state index in [9.17, 15) is 22.4 Å². The topological polar surface area (TPSA) is 102 Å². The summed E-state index contributed by atoms with van der Waals surface area (Å²) in [6.45, 7) is 0.676. The molecule has 1 aromatic carbocycles. The van der Waals surface area contributed by atoms with Crippen LogP contribution in [0.15, 0.2) is 43.0 Å².